The number of hydrogen-bond acceptors (Lipinski definition) is 6. The third-order valence-electron chi connectivity index (χ3n) is 6.08. The van der Waals surface area contributed by atoms with Crippen LogP contribution in [0.1, 0.15) is 27.7 Å². The van der Waals surface area contributed by atoms with Crippen molar-refractivity contribution in [1.82, 2.24) is 9.88 Å². The second-order valence-electron chi connectivity index (χ2n) is 8.04. The number of phenolic OH excluding ortho intramolecular Hbond substituents is 1. The van der Waals surface area contributed by atoms with Gasteiger partial charge < -0.3 is 29.3 Å². The van der Waals surface area contributed by atoms with E-state index in [4.69, 9.17) is 9.15 Å². The number of hydrogen-bond donors (Lipinski definition) is 3. The van der Waals surface area contributed by atoms with Gasteiger partial charge in [0.1, 0.15) is 11.5 Å². The van der Waals surface area contributed by atoms with Crippen LogP contribution >= 0.6 is 0 Å². The fraction of sp³-hybridized carbons (Fsp3) is 0.154. The van der Waals surface area contributed by atoms with Gasteiger partial charge in [-0.05, 0) is 60.0 Å². The molecule has 8 nitrogen and oxygen atoms in total. The number of benzene rings is 2. The number of aromatic nitrogens is 1. The van der Waals surface area contributed by atoms with E-state index in [0.29, 0.717) is 17.7 Å². The molecule has 1 aliphatic rings. The van der Waals surface area contributed by atoms with E-state index in [1.165, 1.54) is 29.4 Å². The number of Topliss-reactive ketones (excluding diaryl/α,β-unsaturated/α-hetero) is 1. The Morgan fingerprint density at radius 1 is 1.15 bits per heavy atom. The van der Waals surface area contributed by atoms with Crippen LogP contribution in [-0.4, -0.2) is 45.4 Å². The predicted octanol–water partition coefficient (Wildman–Crippen LogP) is 4.30. The fourth-order valence-corrected chi connectivity index (χ4v) is 4.43. The summed E-state index contributed by atoms with van der Waals surface area (Å²) in [6, 6.07) is 14.2. The number of rotatable bonds is 7. The van der Waals surface area contributed by atoms with Crippen molar-refractivity contribution in [3.05, 3.63) is 95.3 Å². The number of aliphatic hydroxyl groups is 1. The van der Waals surface area contributed by atoms with Gasteiger partial charge >= 0.3 is 0 Å². The summed E-state index contributed by atoms with van der Waals surface area (Å²) < 4.78 is 10.6. The van der Waals surface area contributed by atoms with Gasteiger partial charge in [-0.25, -0.2) is 0 Å². The maximum atomic E-state index is 13.2. The lowest BCUT2D eigenvalue weighted by Gasteiger charge is -2.26. The van der Waals surface area contributed by atoms with Crippen LogP contribution in [0.2, 0.25) is 0 Å². The smallest absolute Gasteiger partial charge is 0.290 e. The SMILES string of the molecule is COc1ccc2[nH]cc(CCN3C(=O)C(O)=C(C(=O)c4ccco4)[C@H]3c3cccc(O)c3)c2c1. The van der Waals surface area contributed by atoms with Gasteiger partial charge in [0, 0.05) is 23.6 Å². The Hall–Kier alpha value is -4.46. The molecule has 0 aliphatic carbocycles. The summed E-state index contributed by atoms with van der Waals surface area (Å²) in [6.07, 6.45) is 3.69. The first-order valence-corrected chi connectivity index (χ1v) is 10.7. The second-order valence-corrected chi connectivity index (χ2v) is 8.04. The van der Waals surface area contributed by atoms with E-state index in [-0.39, 0.29) is 23.6 Å². The number of nitrogens with zero attached hydrogens (tertiary/aromatic N) is 1. The van der Waals surface area contributed by atoms with Crippen molar-refractivity contribution >= 4 is 22.6 Å². The number of carbonyl (C=O) groups excluding carboxylic acids is 2. The summed E-state index contributed by atoms with van der Waals surface area (Å²) in [5.74, 6) is -1.12. The molecule has 3 N–H and O–H groups in total. The highest BCUT2D eigenvalue weighted by molar-refractivity contribution is 6.15. The number of aromatic hydroxyl groups is 1. The number of fused-ring (bicyclic) bond motifs is 1. The highest BCUT2D eigenvalue weighted by atomic mass is 16.5. The lowest BCUT2D eigenvalue weighted by Crippen LogP contribution is -2.33. The minimum Gasteiger partial charge on any atom is -0.508 e. The highest BCUT2D eigenvalue weighted by Gasteiger charge is 2.44. The molecule has 5 rings (SSSR count). The summed E-state index contributed by atoms with van der Waals surface area (Å²) in [5, 5.41) is 21.7. The van der Waals surface area contributed by atoms with Gasteiger partial charge in [-0.15, -0.1) is 0 Å². The average Bonchev–Trinajstić information content (AvgIpc) is 3.57. The van der Waals surface area contributed by atoms with E-state index in [1.807, 2.05) is 24.4 Å². The van der Waals surface area contributed by atoms with Crippen LogP contribution in [-0.2, 0) is 11.2 Å². The van der Waals surface area contributed by atoms with Gasteiger partial charge in [0.05, 0.1) is 25.0 Å². The lowest BCUT2D eigenvalue weighted by molar-refractivity contribution is -0.129. The first-order chi connectivity index (χ1) is 16.5. The third-order valence-corrected chi connectivity index (χ3v) is 6.08. The quantitative estimate of drug-likeness (QED) is 0.356. The molecule has 0 saturated heterocycles. The number of aromatic amines is 1. The summed E-state index contributed by atoms with van der Waals surface area (Å²) >= 11 is 0. The van der Waals surface area contributed by atoms with Crippen LogP contribution in [0.5, 0.6) is 11.5 Å². The number of ether oxygens (including phenoxy) is 1. The number of H-pyrrole nitrogens is 1. The number of furan rings is 1. The number of methoxy groups -OCH3 is 1. The van der Waals surface area contributed by atoms with Gasteiger partial charge in [-0.2, -0.15) is 0 Å². The normalized spacial score (nSPS) is 16.0. The van der Waals surface area contributed by atoms with Gasteiger partial charge in [0.2, 0.25) is 5.78 Å². The van der Waals surface area contributed by atoms with Crippen molar-refractivity contribution in [2.45, 2.75) is 12.5 Å². The maximum absolute atomic E-state index is 13.2. The lowest BCUT2D eigenvalue weighted by atomic mass is 9.94. The van der Waals surface area contributed by atoms with Crippen molar-refractivity contribution in [1.29, 1.82) is 0 Å². The van der Waals surface area contributed by atoms with Gasteiger partial charge in [0.25, 0.3) is 5.91 Å². The van der Waals surface area contributed by atoms with Crippen molar-refractivity contribution in [3.63, 3.8) is 0 Å². The largest absolute Gasteiger partial charge is 0.508 e. The Labute approximate surface area is 194 Å². The Kier molecular flexibility index (Phi) is 5.33. The van der Waals surface area contributed by atoms with Crippen LogP contribution in [0.3, 0.4) is 0 Å². The Balaban J connectivity index is 1.51. The Morgan fingerprint density at radius 2 is 2.00 bits per heavy atom. The number of carbonyl (C=O) groups is 2. The fourth-order valence-electron chi connectivity index (χ4n) is 4.43. The zero-order chi connectivity index (χ0) is 23.8. The molecule has 2 aromatic carbocycles. The molecule has 2 aromatic heterocycles. The summed E-state index contributed by atoms with van der Waals surface area (Å²) in [4.78, 5) is 31.0. The average molecular weight is 458 g/mol. The standard InChI is InChI=1S/C26H22N2O6/c1-33-18-7-8-20-19(13-18)16(14-27-20)9-10-28-23(15-4-2-5-17(29)12-15)22(25(31)26(28)32)24(30)21-6-3-11-34-21/h2-8,11-14,23,27,29,31H,9-10H2,1H3/t23-/m1/s1. The topological polar surface area (TPSA) is 116 Å². The zero-order valence-corrected chi connectivity index (χ0v) is 18.3. The molecular formula is C26H22N2O6. The molecule has 0 saturated carbocycles. The molecule has 0 unspecified atom stereocenters. The molecule has 1 aliphatic heterocycles. The van der Waals surface area contributed by atoms with E-state index in [0.717, 1.165) is 16.5 Å². The van der Waals surface area contributed by atoms with Gasteiger partial charge in [-0.3, -0.25) is 9.59 Å². The zero-order valence-electron chi connectivity index (χ0n) is 18.3. The van der Waals surface area contributed by atoms with E-state index in [1.54, 1.807) is 25.3 Å². The van der Waals surface area contributed by atoms with Crippen LogP contribution in [0.15, 0.2) is 82.8 Å². The van der Waals surface area contributed by atoms with Gasteiger partial charge in [-0.1, -0.05) is 12.1 Å². The Morgan fingerprint density at radius 3 is 2.74 bits per heavy atom. The summed E-state index contributed by atoms with van der Waals surface area (Å²) in [5.41, 5.74) is 2.32. The van der Waals surface area contributed by atoms with E-state index in [2.05, 4.69) is 4.98 Å². The van der Waals surface area contributed by atoms with Crippen molar-refractivity contribution in [3.8, 4) is 11.5 Å². The first-order valence-electron chi connectivity index (χ1n) is 10.7. The Bertz CT molecular complexity index is 1420. The first kappa shape index (κ1) is 21.4. The molecule has 1 atom stereocenters. The third kappa shape index (κ3) is 3.59. The number of ketones is 1. The summed E-state index contributed by atoms with van der Waals surface area (Å²) in [6.45, 7) is 0.225. The number of aliphatic hydroxyl groups excluding tert-OH is 1. The van der Waals surface area contributed by atoms with E-state index >= 15 is 0 Å². The number of phenols is 1. The van der Waals surface area contributed by atoms with E-state index in [9.17, 15) is 19.8 Å². The molecule has 172 valence electrons. The molecule has 4 aromatic rings. The molecule has 0 bridgehead atoms. The predicted molar refractivity (Wildman–Crippen MR) is 124 cm³/mol. The molecule has 8 heteroatoms. The molecule has 0 fully saturated rings. The number of amides is 1. The maximum Gasteiger partial charge on any atom is 0.290 e. The monoisotopic (exact) mass is 458 g/mol. The van der Waals surface area contributed by atoms with Crippen molar-refractivity contribution in [2.24, 2.45) is 0 Å². The second kappa shape index (κ2) is 8.47. The molecule has 3 heterocycles. The summed E-state index contributed by atoms with van der Waals surface area (Å²) in [7, 11) is 1.60. The van der Waals surface area contributed by atoms with Crippen LogP contribution in [0, 0.1) is 0 Å². The molecular weight excluding hydrogens is 436 g/mol. The minimum atomic E-state index is -0.878. The number of nitrogens with one attached hydrogen (secondary N) is 1. The van der Waals surface area contributed by atoms with Gasteiger partial charge in [0.15, 0.2) is 11.5 Å². The van der Waals surface area contributed by atoms with Crippen LogP contribution in [0.25, 0.3) is 10.9 Å². The molecule has 1 amide bonds. The van der Waals surface area contributed by atoms with Crippen molar-refractivity contribution < 1.29 is 29.0 Å². The van der Waals surface area contributed by atoms with Crippen molar-refractivity contribution in [2.75, 3.05) is 13.7 Å². The van der Waals surface area contributed by atoms with E-state index < -0.39 is 23.5 Å². The minimum absolute atomic E-state index is 0.00944. The van der Waals surface area contributed by atoms with Crippen LogP contribution < -0.4 is 4.74 Å². The highest BCUT2D eigenvalue weighted by Crippen LogP contribution is 2.40. The molecule has 0 spiro atoms. The molecule has 34 heavy (non-hydrogen) atoms. The van der Waals surface area contributed by atoms with Crippen LogP contribution in [0.4, 0.5) is 0 Å². The molecule has 0 radical (unpaired) electrons.